The van der Waals surface area contributed by atoms with Gasteiger partial charge in [-0.3, -0.25) is 5.84 Å². The molecule has 16 heavy (non-hydrogen) atoms. The maximum Gasteiger partial charge on any atom is 0.150 e. The van der Waals surface area contributed by atoms with Crippen LogP contribution in [0.3, 0.4) is 0 Å². The first-order chi connectivity index (χ1) is 7.84. The molecule has 84 valence electrons. The molecule has 6 heteroatoms. The lowest BCUT2D eigenvalue weighted by molar-refractivity contribution is 0.266. The monoisotopic (exact) mass is 235 g/mol. The van der Waals surface area contributed by atoms with Gasteiger partial charge in [-0.05, 0) is 11.4 Å². The third-order valence-electron chi connectivity index (χ3n) is 2.84. The Morgan fingerprint density at radius 2 is 2.00 bits per heavy atom. The second-order valence-corrected chi connectivity index (χ2v) is 4.77. The van der Waals surface area contributed by atoms with Crippen molar-refractivity contribution in [1.29, 1.82) is 0 Å². The van der Waals surface area contributed by atoms with Crippen molar-refractivity contribution in [3.05, 3.63) is 17.8 Å². The van der Waals surface area contributed by atoms with Crippen LogP contribution in [-0.2, 0) is 0 Å². The molecule has 0 amide bonds. The van der Waals surface area contributed by atoms with Crippen LogP contribution in [0.2, 0.25) is 0 Å². The van der Waals surface area contributed by atoms with Gasteiger partial charge in [-0.2, -0.15) is 0 Å². The second kappa shape index (κ2) is 3.97. The molecule has 0 unspecified atom stereocenters. The summed E-state index contributed by atoms with van der Waals surface area (Å²) in [6.07, 6.45) is 1.64. The van der Waals surface area contributed by atoms with Crippen molar-refractivity contribution in [1.82, 2.24) is 15.0 Å². The van der Waals surface area contributed by atoms with Crippen LogP contribution in [0.25, 0.3) is 10.2 Å². The molecule has 0 atom stereocenters. The SMILES string of the molecule is NN1CCN(c2ncnc3ccsc23)CC1. The van der Waals surface area contributed by atoms with Crippen LogP contribution < -0.4 is 10.7 Å². The first-order valence-corrected chi connectivity index (χ1v) is 6.15. The number of aromatic nitrogens is 2. The van der Waals surface area contributed by atoms with Crippen LogP contribution in [0.5, 0.6) is 0 Å². The molecule has 3 heterocycles. The van der Waals surface area contributed by atoms with E-state index in [-0.39, 0.29) is 0 Å². The van der Waals surface area contributed by atoms with Gasteiger partial charge in [0.1, 0.15) is 12.1 Å². The summed E-state index contributed by atoms with van der Waals surface area (Å²) < 4.78 is 1.17. The average molecular weight is 235 g/mol. The molecular weight excluding hydrogens is 222 g/mol. The quantitative estimate of drug-likeness (QED) is 0.737. The highest BCUT2D eigenvalue weighted by atomic mass is 32.1. The van der Waals surface area contributed by atoms with E-state index >= 15 is 0 Å². The van der Waals surface area contributed by atoms with Gasteiger partial charge in [0, 0.05) is 26.2 Å². The maximum absolute atomic E-state index is 5.74. The Morgan fingerprint density at radius 3 is 2.81 bits per heavy atom. The Bertz CT molecular complexity index is 489. The number of nitrogens with zero attached hydrogens (tertiary/aromatic N) is 4. The van der Waals surface area contributed by atoms with Gasteiger partial charge in [0.25, 0.3) is 0 Å². The fourth-order valence-corrected chi connectivity index (χ4v) is 2.80. The lowest BCUT2D eigenvalue weighted by Gasteiger charge is -2.32. The molecule has 2 aromatic rings. The molecule has 0 bridgehead atoms. The summed E-state index contributed by atoms with van der Waals surface area (Å²) >= 11 is 1.70. The largest absolute Gasteiger partial charge is 0.353 e. The van der Waals surface area contributed by atoms with Gasteiger partial charge in [0.05, 0.1) is 10.2 Å². The normalized spacial score (nSPS) is 18.2. The summed E-state index contributed by atoms with van der Waals surface area (Å²) in [5.74, 6) is 6.79. The van der Waals surface area contributed by atoms with Crippen molar-refractivity contribution in [2.75, 3.05) is 31.1 Å². The molecule has 0 aromatic carbocycles. The van der Waals surface area contributed by atoms with E-state index in [0.29, 0.717) is 0 Å². The highest BCUT2D eigenvalue weighted by molar-refractivity contribution is 7.17. The van der Waals surface area contributed by atoms with Crippen LogP contribution in [0.15, 0.2) is 17.8 Å². The van der Waals surface area contributed by atoms with Crippen molar-refractivity contribution in [3.63, 3.8) is 0 Å². The number of hydrogen-bond donors (Lipinski definition) is 1. The summed E-state index contributed by atoms with van der Waals surface area (Å²) in [6.45, 7) is 3.63. The van der Waals surface area contributed by atoms with Crippen LogP contribution in [0, 0.1) is 0 Å². The van der Waals surface area contributed by atoms with Gasteiger partial charge in [-0.25, -0.2) is 15.0 Å². The Hall–Kier alpha value is -1.24. The molecule has 1 aliphatic heterocycles. The number of nitrogens with two attached hydrogens (primary N) is 1. The van der Waals surface area contributed by atoms with Crippen molar-refractivity contribution >= 4 is 27.4 Å². The van der Waals surface area contributed by atoms with E-state index in [1.54, 1.807) is 17.7 Å². The van der Waals surface area contributed by atoms with Crippen molar-refractivity contribution in [2.45, 2.75) is 0 Å². The third kappa shape index (κ3) is 1.64. The topological polar surface area (TPSA) is 58.3 Å². The van der Waals surface area contributed by atoms with E-state index in [0.717, 1.165) is 37.5 Å². The highest BCUT2D eigenvalue weighted by Crippen LogP contribution is 2.28. The highest BCUT2D eigenvalue weighted by Gasteiger charge is 2.18. The van der Waals surface area contributed by atoms with E-state index in [1.807, 2.05) is 11.1 Å². The number of hydrazine groups is 1. The fraction of sp³-hybridized carbons (Fsp3) is 0.400. The minimum absolute atomic E-state index is 0.886. The number of rotatable bonds is 1. The summed E-state index contributed by atoms with van der Waals surface area (Å²) in [5, 5.41) is 3.91. The first kappa shape index (κ1) is 9.95. The van der Waals surface area contributed by atoms with Crippen LogP contribution in [-0.4, -0.2) is 41.2 Å². The first-order valence-electron chi connectivity index (χ1n) is 5.27. The van der Waals surface area contributed by atoms with E-state index in [2.05, 4.69) is 20.2 Å². The Kier molecular flexibility index (Phi) is 2.47. The summed E-state index contributed by atoms with van der Waals surface area (Å²) in [4.78, 5) is 10.9. The number of fused-ring (bicyclic) bond motifs is 1. The molecule has 1 saturated heterocycles. The zero-order chi connectivity index (χ0) is 11.0. The predicted octanol–water partition coefficient (Wildman–Crippen LogP) is 0.687. The minimum atomic E-state index is 0.886. The zero-order valence-electron chi connectivity index (χ0n) is 8.83. The summed E-state index contributed by atoms with van der Waals surface area (Å²) in [5.41, 5.74) is 1.03. The molecule has 0 aliphatic carbocycles. The van der Waals surface area contributed by atoms with Crippen LogP contribution in [0.1, 0.15) is 0 Å². The molecule has 2 aromatic heterocycles. The molecule has 0 saturated carbocycles. The van der Waals surface area contributed by atoms with Gasteiger partial charge < -0.3 is 4.90 Å². The maximum atomic E-state index is 5.74. The Morgan fingerprint density at radius 1 is 1.19 bits per heavy atom. The average Bonchev–Trinajstić information content (AvgIpc) is 2.78. The van der Waals surface area contributed by atoms with E-state index in [9.17, 15) is 0 Å². The summed E-state index contributed by atoms with van der Waals surface area (Å²) in [6, 6.07) is 2.03. The molecule has 0 radical (unpaired) electrons. The Balaban J connectivity index is 1.96. The molecule has 1 fully saturated rings. The standard InChI is InChI=1S/C10H13N5S/c11-15-4-2-14(3-5-15)10-9-8(1-6-16-9)12-7-13-10/h1,6-7H,2-5,11H2. The summed E-state index contributed by atoms with van der Waals surface area (Å²) in [7, 11) is 0. The minimum Gasteiger partial charge on any atom is -0.353 e. The van der Waals surface area contributed by atoms with Gasteiger partial charge in [0.2, 0.25) is 0 Å². The predicted molar refractivity (Wildman–Crippen MR) is 65.4 cm³/mol. The van der Waals surface area contributed by atoms with E-state index in [1.165, 1.54) is 4.70 Å². The number of anilines is 1. The van der Waals surface area contributed by atoms with E-state index < -0.39 is 0 Å². The molecule has 0 spiro atoms. The fourth-order valence-electron chi connectivity index (χ4n) is 1.93. The van der Waals surface area contributed by atoms with Crippen molar-refractivity contribution < 1.29 is 0 Å². The second-order valence-electron chi connectivity index (χ2n) is 3.86. The Labute approximate surface area is 97.5 Å². The van der Waals surface area contributed by atoms with Gasteiger partial charge in [0.15, 0.2) is 0 Å². The molecule has 1 aliphatic rings. The van der Waals surface area contributed by atoms with Gasteiger partial charge in [-0.1, -0.05) is 0 Å². The molecule has 2 N–H and O–H groups in total. The smallest absolute Gasteiger partial charge is 0.150 e. The number of hydrogen-bond acceptors (Lipinski definition) is 6. The van der Waals surface area contributed by atoms with Crippen LogP contribution in [0.4, 0.5) is 5.82 Å². The zero-order valence-corrected chi connectivity index (χ0v) is 9.65. The third-order valence-corrected chi connectivity index (χ3v) is 3.74. The van der Waals surface area contributed by atoms with Gasteiger partial charge >= 0.3 is 0 Å². The number of piperazine rings is 1. The van der Waals surface area contributed by atoms with Crippen LogP contribution >= 0.6 is 11.3 Å². The van der Waals surface area contributed by atoms with E-state index in [4.69, 9.17) is 5.84 Å². The lowest BCUT2D eigenvalue weighted by Crippen LogP contribution is -2.49. The van der Waals surface area contributed by atoms with Crippen molar-refractivity contribution in [2.24, 2.45) is 5.84 Å². The number of thiophene rings is 1. The molecule has 3 rings (SSSR count). The van der Waals surface area contributed by atoms with Crippen molar-refractivity contribution in [3.8, 4) is 0 Å². The van der Waals surface area contributed by atoms with Gasteiger partial charge in [-0.15, -0.1) is 11.3 Å². The lowest BCUT2D eigenvalue weighted by atomic mass is 10.3. The molecular formula is C10H13N5S. The molecule has 5 nitrogen and oxygen atoms in total.